The topological polar surface area (TPSA) is 26.3 Å². The normalized spacial score (nSPS) is 29.1. The highest BCUT2D eigenvalue weighted by molar-refractivity contribution is 6.21. The Hall–Kier alpha value is -0.500. The zero-order valence-corrected chi connectivity index (χ0v) is 8.59. The molecule has 0 saturated heterocycles. The van der Waals surface area contributed by atoms with Gasteiger partial charge < -0.3 is 4.74 Å². The lowest BCUT2D eigenvalue weighted by Crippen LogP contribution is -2.30. The minimum absolute atomic E-state index is 0.00274. The molecule has 2 atom stereocenters. The fourth-order valence-corrected chi connectivity index (χ4v) is 1.84. The van der Waals surface area contributed by atoms with E-state index in [-0.39, 0.29) is 17.5 Å². The van der Waals surface area contributed by atoms with E-state index in [2.05, 4.69) is 0 Å². The molecule has 0 aromatic carbocycles. The lowest BCUT2D eigenvalue weighted by Gasteiger charge is -2.26. The summed E-state index contributed by atoms with van der Waals surface area (Å²) in [5.74, 6) is -0.278. The van der Waals surface area contributed by atoms with Gasteiger partial charge in [-0.3, -0.25) is 0 Å². The van der Waals surface area contributed by atoms with E-state index < -0.39 is 0 Å². The molecule has 0 aromatic rings. The summed E-state index contributed by atoms with van der Waals surface area (Å²) in [6, 6.07) is 0. The summed E-state index contributed by atoms with van der Waals surface area (Å²) in [5.41, 5.74) is 0. The predicted molar refractivity (Wildman–Crippen MR) is 52.8 cm³/mol. The maximum atomic E-state index is 11.1. The van der Waals surface area contributed by atoms with Crippen molar-refractivity contribution in [3.63, 3.8) is 0 Å². The molecule has 0 spiro atoms. The Bertz CT molecular complexity index is 201. The zero-order valence-electron chi connectivity index (χ0n) is 7.83. The van der Waals surface area contributed by atoms with Gasteiger partial charge in [-0.2, -0.15) is 0 Å². The molecule has 0 aliphatic heterocycles. The Morgan fingerprint density at radius 3 is 2.77 bits per heavy atom. The first kappa shape index (κ1) is 10.6. The number of allylic oxidation sites excluding steroid dienone is 1. The Morgan fingerprint density at radius 1 is 1.46 bits per heavy atom. The number of ether oxygens (including phenoxy) is 1. The van der Waals surface area contributed by atoms with Crippen LogP contribution in [0.3, 0.4) is 0 Å². The molecule has 0 amide bonds. The van der Waals surface area contributed by atoms with Gasteiger partial charge in [0.25, 0.3) is 0 Å². The summed E-state index contributed by atoms with van der Waals surface area (Å²) >= 11 is 6.03. The third-order valence-electron chi connectivity index (χ3n) is 2.19. The number of rotatable bonds is 2. The van der Waals surface area contributed by atoms with Gasteiger partial charge in [-0.05, 0) is 26.2 Å². The van der Waals surface area contributed by atoms with Crippen LogP contribution in [0, 0.1) is 0 Å². The van der Waals surface area contributed by atoms with Crippen LogP contribution in [0.5, 0.6) is 0 Å². The van der Waals surface area contributed by atoms with E-state index in [0.29, 0.717) is 0 Å². The van der Waals surface area contributed by atoms with Crippen LogP contribution in [0.2, 0.25) is 0 Å². The van der Waals surface area contributed by atoms with Crippen LogP contribution in [-0.2, 0) is 9.53 Å². The largest absolute Gasteiger partial charge is 0.458 e. The smallest absolute Gasteiger partial charge is 0.330 e. The number of hydrogen-bond donors (Lipinski definition) is 0. The van der Waals surface area contributed by atoms with Gasteiger partial charge in [-0.1, -0.05) is 12.5 Å². The van der Waals surface area contributed by atoms with Crippen molar-refractivity contribution in [3.8, 4) is 0 Å². The second kappa shape index (κ2) is 5.28. The molecular weight excluding hydrogens is 188 g/mol. The molecule has 3 heteroatoms. The van der Waals surface area contributed by atoms with Gasteiger partial charge >= 0.3 is 5.97 Å². The fraction of sp³-hybridized carbons (Fsp3) is 0.700. The van der Waals surface area contributed by atoms with Gasteiger partial charge in [-0.15, -0.1) is 11.6 Å². The van der Waals surface area contributed by atoms with E-state index in [4.69, 9.17) is 16.3 Å². The summed E-state index contributed by atoms with van der Waals surface area (Å²) in [6.07, 6.45) is 7.13. The highest BCUT2D eigenvalue weighted by Crippen LogP contribution is 2.25. The average Bonchev–Trinajstić information content (AvgIpc) is 2.09. The summed E-state index contributed by atoms with van der Waals surface area (Å²) in [7, 11) is 0. The van der Waals surface area contributed by atoms with Gasteiger partial charge in [-0.25, -0.2) is 4.79 Å². The van der Waals surface area contributed by atoms with Crippen molar-refractivity contribution >= 4 is 17.6 Å². The second-order valence-electron chi connectivity index (χ2n) is 3.28. The number of carbonyl (C=O) groups excluding carboxylic acids is 1. The van der Waals surface area contributed by atoms with E-state index in [1.54, 1.807) is 13.0 Å². The molecule has 1 saturated carbocycles. The lowest BCUT2D eigenvalue weighted by molar-refractivity contribution is -0.144. The molecule has 13 heavy (non-hydrogen) atoms. The van der Waals surface area contributed by atoms with Crippen molar-refractivity contribution in [2.75, 3.05) is 0 Å². The molecule has 0 radical (unpaired) electrons. The molecule has 0 aromatic heterocycles. The van der Waals surface area contributed by atoms with E-state index in [0.717, 1.165) is 25.7 Å². The van der Waals surface area contributed by atoms with Crippen molar-refractivity contribution in [2.45, 2.75) is 44.1 Å². The highest BCUT2D eigenvalue weighted by atomic mass is 35.5. The summed E-state index contributed by atoms with van der Waals surface area (Å²) in [4.78, 5) is 11.1. The molecule has 74 valence electrons. The van der Waals surface area contributed by atoms with E-state index in [1.165, 1.54) is 6.08 Å². The van der Waals surface area contributed by atoms with Crippen molar-refractivity contribution in [2.24, 2.45) is 0 Å². The van der Waals surface area contributed by atoms with Gasteiger partial charge in [0.2, 0.25) is 0 Å². The number of alkyl halides is 1. The first-order valence-electron chi connectivity index (χ1n) is 4.71. The highest BCUT2D eigenvalue weighted by Gasteiger charge is 2.25. The average molecular weight is 203 g/mol. The Balaban J connectivity index is 2.37. The van der Waals surface area contributed by atoms with Gasteiger partial charge in [0.05, 0.1) is 5.38 Å². The fourth-order valence-electron chi connectivity index (χ4n) is 1.51. The SMILES string of the molecule is C/C=C/C(=O)OC1CCCCC1Cl. The standard InChI is InChI=1S/C10H15ClO2/c1-2-5-10(12)13-9-7-4-3-6-8(9)11/h2,5,8-9H,3-4,6-7H2,1H3/b5-2+. The van der Waals surface area contributed by atoms with Crippen molar-refractivity contribution in [1.82, 2.24) is 0 Å². The Labute approximate surface area is 83.9 Å². The van der Waals surface area contributed by atoms with Gasteiger partial charge in [0.15, 0.2) is 0 Å². The van der Waals surface area contributed by atoms with E-state index in [1.807, 2.05) is 0 Å². The van der Waals surface area contributed by atoms with Crippen LogP contribution >= 0.6 is 11.6 Å². The van der Waals surface area contributed by atoms with Crippen LogP contribution < -0.4 is 0 Å². The summed E-state index contributed by atoms with van der Waals surface area (Å²) < 4.78 is 5.19. The third kappa shape index (κ3) is 3.39. The molecule has 0 bridgehead atoms. The number of halogens is 1. The molecule has 0 heterocycles. The number of carbonyl (C=O) groups is 1. The van der Waals surface area contributed by atoms with Crippen molar-refractivity contribution in [3.05, 3.63) is 12.2 Å². The minimum atomic E-state index is -0.278. The summed E-state index contributed by atoms with van der Waals surface area (Å²) in [6.45, 7) is 1.79. The molecule has 1 rings (SSSR count). The first-order chi connectivity index (χ1) is 6.24. The molecule has 2 nitrogen and oxygen atoms in total. The van der Waals surface area contributed by atoms with Gasteiger partial charge in [0.1, 0.15) is 6.10 Å². The van der Waals surface area contributed by atoms with Crippen LogP contribution in [0.4, 0.5) is 0 Å². The molecule has 1 fully saturated rings. The van der Waals surface area contributed by atoms with Gasteiger partial charge in [0, 0.05) is 6.08 Å². The van der Waals surface area contributed by atoms with Crippen molar-refractivity contribution < 1.29 is 9.53 Å². The maximum absolute atomic E-state index is 11.1. The Morgan fingerprint density at radius 2 is 2.15 bits per heavy atom. The number of hydrogen-bond acceptors (Lipinski definition) is 2. The predicted octanol–water partition coefficient (Wildman–Crippen LogP) is 2.66. The van der Waals surface area contributed by atoms with Crippen LogP contribution in [0.25, 0.3) is 0 Å². The quantitative estimate of drug-likeness (QED) is 0.391. The molecule has 1 aliphatic carbocycles. The maximum Gasteiger partial charge on any atom is 0.330 e. The van der Waals surface area contributed by atoms with E-state index >= 15 is 0 Å². The molecular formula is C10H15ClO2. The van der Waals surface area contributed by atoms with Crippen LogP contribution in [0.1, 0.15) is 32.6 Å². The third-order valence-corrected chi connectivity index (χ3v) is 2.69. The minimum Gasteiger partial charge on any atom is -0.458 e. The molecule has 0 N–H and O–H groups in total. The Kier molecular flexibility index (Phi) is 4.29. The zero-order chi connectivity index (χ0) is 9.68. The number of esters is 1. The molecule has 1 aliphatic rings. The van der Waals surface area contributed by atoms with Crippen LogP contribution in [-0.4, -0.2) is 17.5 Å². The van der Waals surface area contributed by atoms with E-state index in [9.17, 15) is 4.79 Å². The monoisotopic (exact) mass is 202 g/mol. The van der Waals surface area contributed by atoms with Crippen molar-refractivity contribution in [1.29, 1.82) is 0 Å². The van der Waals surface area contributed by atoms with Crippen LogP contribution in [0.15, 0.2) is 12.2 Å². The second-order valence-corrected chi connectivity index (χ2v) is 3.84. The molecule has 2 unspecified atom stereocenters. The first-order valence-corrected chi connectivity index (χ1v) is 5.15. The lowest BCUT2D eigenvalue weighted by atomic mass is 9.97. The summed E-state index contributed by atoms with van der Waals surface area (Å²) in [5, 5.41) is 0.00274.